The molecule has 3 aromatic rings. The van der Waals surface area contributed by atoms with Gasteiger partial charge in [0.05, 0.1) is 6.54 Å². The van der Waals surface area contributed by atoms with Crippen molar-refractivity contribution in [1.82, 2.24) is 4.90 Å². The molecule has 0 saturated heterocycles. The second kappa shape index (κ2) is 8.57. The fourth-order valence-electron chi connectivity index (χ4n) is 3.07. The topological polar surface area (TPSA) is 58.6 Å². The third-order valence-electron chi connectivity index (χ3n) is 4.47. The van der Waals surface area contributed by atoms with E-state index in [1.54, 1.807) is 14.0 Å². The molecule has 0 saturated carbocycles. The number of fused-ring (bicyclic) bond motifs is 1. The summed E-state index contributed by atoms with van der Waals surface area (Å²) in [7, 11) is 1.60. The molecule has 0 unspecified atom stereocenters. The first-order valence-corrected chi connectivity index (χ1v) is 9.20. The molecule has 28 heavy (non-hydrogen) atoms. The molecule has 5 nitrogen and oxygen atoms in total. The number of carbonyl (C=O) groups is 2. The molecule has 0 heterocycles. The number of hydrogen-bond donors (Lipinski definition) is 1. The maximum Gasteiger partial charge on any atom is 0.263 e. The number of nitrogens with zero attached hydrogens (tertiary/aromatic N) is 1. The van der Waals surface area contributed by atoms with E-state index >= 15 is 0 Å². The van der Waals surface area contributed by atoms with Crippen molar-refractivity contribution in [3.8, 4) is 5.75 Å². The number of amides is 2. The Kier molecular flexibility index (Phi) is 5.94. The van der Waals surface area contributed by atoms with Crippen LogP contribution in [-0.4, -0.2) is 36.4 Å². The summed E-state index contributed by atoms with van der Waals surface area (Å²) in [5, 5.41) is 4.90. The van der Waals surface area contributed by atoms with E-state index in [9.17, 15) is 9.59 Å². The third-order valence-corrected chi connectivity index (χ3v) is 4.47. The Bertz CT molecular complexity index is 995. The van der Waals surface area contributed by atoms with Gasteiger partial charge in [0.25, 0.3) is 5.91 Å². The summed E-state index contributed by atoms with van der Waals surface area (Å²) in [5.74, 6) is 0.124. The number of benzene rings is 3. The van der Waals surface area contributed by atoms with Crippen LogP contribution in [0.15, 0.2) is 66.7 Å². The molecule has 3 rings (SSSR count). The predicted octanol–water partition coefficient (Wildman–Crippen LogP) is 4.01. The maximum atomic E-state index is 12.6. The fraction of sp³-hybridized carbons (Fsp3) is 0.217. The molecule has 2 amide bonds. The van der Waals surface area contributed by atoms with E-state index in [2.05, 4.69) is 5.32 Å². The summed E-state index contributed by atoms with van der Waals surface area (Å²) in [6, 6.07) is 21.1. The quantitative estimate of drug-likeness (QED) is 0.707. The molecule has 5 heteroatoms. The van der Waals surface area contributed by atoms with E-state index in [-0.39, 0.29) is 18.4 Å². The van der Waals surface area contributed by atoms with Gasteiger partial charge in [0, 0.05) is 18.1 Å². The second-order valence-corrected chi connectivity index (χ2v) is 6.85. The van der Waals surface area contributed by atoms with Crippen LogP contribution in [-0.2, 0) is 9.59 Å². The first-order valence-electron chi connectivity index (χ1n) is 9.20. The smallest absolute Gasteiger partial charge is 0.263 e. The second-order valence-electron chi connectivity index (χ2n) is 6.85. The molecule has 1 N–H and O–H groups in total. The molecule has 0 aliphatic rings. The van der Waals surface area contributed by atoms with Crippen LogP contribution in [0.1, 0.15) is 12.5 Å². The Balaban J connectivity index is 1.60. The zero-order valence-electron chi connectivity index (χ0n) is 16.3. The summed E-state index contributed by atoms with van der Waals surface area (Å²) < 4.78 is 5.71. The van der Waals surface area contributed by atoms with Crippen molar-refractivity contribution >= 4 is 28.3 Å². The van der Waals surface area contributed by atoms with E-state index in [0.29, 0.717) is 5.75 Å². The largest absolute Gasteiger partial charge is 0.481 e. The molecule has 0 radical (unpaired) electrons. The normalized spacial score (nSPS) is 11.7. The number of aryl methyl sites for hydroxylation is 1. The van der Waals surface area contributed by atoms with Crippen molar-refractivity contribution in [1.29, 1.82) is 0 Å². The van der Waals surface area contributed by atoms with Gasteiger partial charge in [-0.2, -0.15) is 0 Å². The minimum atomic E-state index is -0.683. The molecule has 0 aliphatic carbocycles. The van der Waals surface area contributed by atoms with Crippen LogP contribution in [0.25, 0.3) is 10.8 Å². The van der Waals surface area contributed by atoms with E-state index in [1.165, 1.54) is 4.90 Å². The number of carbonyl (C=O) groups excluding carboxylic acids is 2. The Morgan fingerprint density at radius 2 is 1.75 bits per heavy atom. The van der Waals surface area contributed by atoms with E-state index < -0.39 is 6.10 Å². The molecule has 0 spiro atoms. The lowest BCUT2D eigenvalue weighted by atomic mass is 10.1. The predicted molar refractivity (Wildman–Crippen MR) is 111 cm³/mol. The van der Waals surface area contributed by atoms with E-state index in [4.69, 9.17) is 4.74 Å². The zero-order chi connectivity index (χ0) is 20.1. The average Bonchev–Trinajstić information content (AvgIpc) is 2.67. The van der Waals surface area contributed by atoms with Gasteiger partial charge in [-0.1, -0.05) is 48.5 Å². The van der Waals surface area contributed by atoms with E-state index in [1.807, 2.05) is 73.7 Å². The van der Waals surface area contributed by atoms with Crippen molar-refractivity contribution < 1.29 is 14.3 Å². The van der Waals surface area contributed by atoms with Crippen molar-refractivity contribution in [2.45, 2.75) is 20.0 Å². The number of likely N-dealkylation sites (N-methyl/N-ethyl adjacent to an activating group) is 1. The van der Waals surface area contributed by atoms with Crippen LogP contribution in [0.3, 0.4) is 0 Å². The molecule has 0 aliphatic heterocycles. The van der Waals surface area contributed by atoms with Crippen molar-refractivity contribution in [2.75, 3.05) is 18.9 Å². The number of ether oxygens (including phenoxy) is 1. The number of hydrogen-bond acceptors (Lipinski definition) is 3. The monoisotopic (exact) mass is 376 g/mol. The molecule has 0 fully saturated rings. The van der Waals surface area contributed by atoms with Crippen LogP contribution in [0.4, 0.5) is 5.69 Å². The van der Waals surface area contributed by atoms with Crippen molar-refractivity contribution in [3.05, 3.63) is 72.3 Å². The summed E-state index contributed by atoms with van der Waals surface area (Å²) in [6.45, 7) is 3.59. The molecule has 3 aromatic carbocycles. The molecule has 144 valence electrons. The highest BCUT2D eigenvalue weighted by Crippen LogP contribution is 2.23. The van der Waals surface area contributed by atoms with Gasteiger partial charge in [-0.3, -0.25) is 9.59 Å². The highest BCUT2D eigenvalue weighted by Gasteiger charge is 2.21. The molecule has 1 atom stereocenters. The number of anilines is 1. The number of nitrogens with one attached hydrogen (secondary N) is 1. The molecule has 0 aromatic heterocycles. The van der Waals surface area contributed by atoms with Crippen LogP contribution < -0.4 is 10.1 Å². The summed E-state index contributed by atoms with van der Waals surface area (Å²) in [6.07, 6.45) is -0.683. The SMILES string of the molecule is Cc1cccc(O[C@@H](C)C(=O)N(C)CC(=O)Nc2cccc3ccccc23)c1. The molecular formula is C23H24N2O3. The van der Waals surface area contributed by atoms with Gasteiger partial charge in [0.2, 0.25) is 5.91 Å². The summed E-state index contributed by atoms with van der Waals surface area (Å²) >= 11 is 0. The van der Waals surface area contributed by atoms with Gasteiger partial charge in [-0.05, 0) is 43.0 Å². The van der Waals surface area contributed by atoms with Crippen LogP contribution in [0.5, 0.6) is 5.75 Å². The number of rotatable bonds is 6. The third kappa shape index (κ3) is 4.68. The average molecular weight is 376 g/mol. The minimum absolute atomic E-state index is 0.0520. The van der Waals surface area contributed by atoms with Crippen LogP contribution in [0.2, 0.25) is 0 Å². The lowest BCUT2D eigenvalue weighted by Gasteiger charge is -2.22. The molecular weight excluding hydrogens is 352 g/mol. The Morgan fingerprint density at radius 1 is 1.04 bits per heavy atom. The standard InChI is InChI=1S/C23H24N2O3/c1-16-8-6-11-19(14-16)28-17(2)23(27)25(3)15-22(26)24-21-13-7-10-18-9-4-5-12-20(18)21/h4-14,17H,15H2,1-3H3,(H,24,26)/t17-/m0/s1. The Labute approximate surface area is 164 Å². The van der Waals surface area contributed by atoms with Gasteiger partial charge in [-0.15, -0.1) is 0 Å². The maximum absolute atomic E-state index is 12.6. The minimum Gasteiger partial charge on any atom is -0.481 e. The van der Waals surface area contributed by atoms with Crippen molar-refractivity contribution in [2.24, 2.45) is 0 Å². The van der Waals surface area contributed by atoms with Crippen molar-refractivity contribution in [3.63, 3.8) is 0 Å². The highest BCUT2D eigenvalue weighted by atomic mass is 16.5. The van der Waals surface area contributed by atoms with Gasteiger partial charge in [0.1, 0.15) is 5.75 Å². The van der Waals surface area contributed by atoms with Gasteiger partial charge < -0.3 is 15.0 Å². The summed E-state index contributed by atoms with van der Waals surface area (Å²) in [4.78, 5) is 26.4. The first-order chi connectivity index (χ1) is 13.4. The highest BCUT2D eigenvalue weighted by molar-refractivity contribution is 6.03. The van der Waals surface area contributed by atoms with E-state index in [0.717, 1.165) is 22.0 Å². The van der Waals surface area contributed by atoms with Gasteiger partial charge in [-0.25, -0.2) is 0 Å². The van der Waals surface area contributed by atoms with Crippen LogP contribution >= 0.6 is 0 Å². The van der Waals surface area contributed by atoms with Gasteiger partial charge in [0.15, 0.2) is 6.10 Å². The fourth-order valence-corrected chi connectivity index (χ4v) is 3.07. The lowest BCUT2D eigenvalue weighted by Crippen LogP contribution is -2.42. The van der Waals surface area contributed by atoms with Gasteiger partial charge >= 0.3 is 0 Å². The first kappa shape index (κ1) is 19.4. The zero-order valence-corrected chi connectivity index (χ0v) is 16.3. The Morgan fingerprint density at radius 3 is 2.54 bits per heavy atom. The van der Waals surface area contributed by atoms with Crippen LogP contribution in [0, 0.1) is 6.92 Å². The molecule has 0 bridgehead atoms. The Hall–Kier alpha value is -3.34. The lowest BCUT2D eigenvalue weighted by molar-refractivity contribution is -0.139. The summed E-state index contributed by atoms with van der Waals surface area (Å²) in [5.41, 5.74) is 1.79.